The molecule has 2 aromatic carbocycles. The molecule has 14 nitrogen and oxygen atoms in total. The van der Waals surface area contributed by atoms with E-state index in [-0.39, 0.29) is 45.8 Å². The Morgan fingerprint density at radius 2 is 1.88 bits per heavy atom. The smallest absolute Gasteiger partial charge is 0.326 e. The molecule has 1 amide bonds. The summed E-state index contributed by atoms with van der Waals surface area (Å²) < 4.78 is 57.2. The van der Waals surface area contributed by atoms with Crippen molar-refractivity contribution in [2.24, 2.45) is 11.1 Å². The largest absolute Gasteiger partial charge is 0.480 e. The number of primary sulfonamides is 1. The van der Waals surface area contributed by atoms with Crippen molar-refractivity contribution in [3.63, 3.8) is 0 Å². The highest BCUT2D eigenvalue weighted by atomic mass is 35.5. The van der Waals surface area contributed by atoms with E-state index < -0.39 is 61.2 Å². The van der Waals surface area contributed by atoms with Crippen molar-refractivity contribution in [1.29, 1.82) is 0 Å². The number of nitrogens with one attached hydrogen (secondary N) is 3. The van der Waals surface area contributed by atoms with E-state index in [1.54, 1.807) is 13.8 Å². The van der Waals surface area contributed by atoms with E-state index in [1.165, 1.54) is 22.7 Å². The van der Waals surface area contributed by atoms with Crippen LogP contribution in [0, 0.1) is 5.92 Å². The maximum atomic E-state index is 13.7. The van der Waals surface area contributed by atoms with Crippen molar-refractivity contribution in [1.82, 2.24) is 14.9 Å². The Labute approximate surface area is 301 Å². The van der Waals surface area contributed by atoms with Crippen LogP contribution in [0.5, 0.6) is 0 Å². The van der Waals surface area contributed by atoms with Gasteiger partial charge in [-0.15, -0.1) is 11.8 Å². The number of halogens is 1. The van der Waals surface area contributed by atoms with Crippen LogP contribution in [0.4, 0.5) is 5.69 Å². The molecule has 2 aliphatic heterocycles. The highest BCUT2D eigenvalue weighted by molar-refractivity contribution is 7.99. The number of likely N-dealkylation sites (tertiary alicyclic amines) is 1. The number of hydrogen-bond donors (Lipinski definition) is 5. The van der Waals surface area contributed by atoms with Gasteiger partial charge in [-0.25, -0.2) is 26.8 Å². The third kappa shape index (κ3) is 8.74. The quantitative estimate of drug-likeness (QED) is 0.147. The van der Waals surface area contributed by atoms with Crippen molar-refractivity contribution >= 4 is 66.9 Å². The molecule has 5 rings (SSSR count). The summed E-state index contributed by atoms with van der Waals surface area (Å²) in [6, 6.07) is 7.13. The van der Waals surface area contributed by atoms with E-state index in [9.17, 15) is 36.3 Å². The van der Waals surface area contributed by atoms with Gasteiger partial charge in [0.2, 0.25) is 26.0 Å². The van der Waals surface area contributed by atoms with Gasteiger partial charge in [0.25, 0.3) is 0 Å². The van der Waals surface area contributed by atoms with Crippen LogP contribution < -0.4 is 20.5 Å². The summed E-state index contributed by atoms with van der Waals surface area (Å²) in [6.45, 7) is 3.53. The van der Waals surface area contributed by atoms with Gasteiger partial charge in [-0.3, -0.25) is 14.9 Å². The Morgan fingerprint density at radius 1 is 1.18 bits per heavy atom. The molecule has 6 atom stereocenters. The molecule has 1 saturated heterocycles. The van der Waals surface area contributed by atoms with Crippen LogP contribution >= 0.6 is 23.4 Å². The highest BCUT2D eigenvalue weighted by Crippen LogP contribution is 2.40. The first kappa shape index (κ1) is 38.3. The molecule has 1 saturated carbocycles. The molecular weight excluding hydrogens is 730 g/mol. The van der Waals surface area contributed by atoms with Gasteiger partial charge in [0, 0.05) is 16.7 Å². The molecule has 6 N–H and O–H groups in total. The van der Waals surface area contributed by atoms with Gasteiger partial charge >= 0.3 is 11.9 Å². The number of ether oxygens (including phenoxy) is 1. The van der Waals surface area contributed by atoms with Crippen molar-refractivity contribution in [3.8, 4) is 0 Å². The lowest BCUT2D eigenvalue weighted by molar-refractivity contribution is -0.152. The van der Waals surface area contributed by atoms with E-state index in [0.717, 1.165) is 42.2 Å². The maximum Gasteiger partial charge on any atom is 0.326 e. The number of esters is 1. The second kappa shape index (κ2) is 15.8. The molecule has 274 valence electrons. The van der Waals surface area contributed by atoms with Crippen molar-refractivity contribution < 1.29 is 41.1 Å². The summed E-state index contributed by atoms with van der Waals surface area (Å²) in [4.78, 5) is 40.3. The molecule has 0 bridgehead atoms. The van der Waals surface area contributed by atoms with Gasteiger partial charge in [-0.2, -0.15) is 4.72 Å². The van der Waals surface area contributed by atoms with Crippen LogP contribution in [-0.2, 0) is 45.6 Å². The van der Waals surface area contributed by atoms with Crippen LogP contribution in [-0.4, -0.2) is 87.4 Å². The fraction of sp³-hybridized carbons (Fsp3) is 0.531. The number of nitrogens with zero attached hydrogens (tertiary/aromatic N) is 1. The number of benzene rings is 2. The Kier molecular flexibility index (Phi) is 12.1. The summed E-state index contributed by atoms with van der Waals surface area (Å²) in [7, 11) is -8.29. The Hall–Kier alpha value is -2.93. The van der Waals surface area contributed by atoms with Crippen molar-refractivity contribution in [2.45, 2.75) is 104 Å². The topological polar surface area (TPSA) is 214 Å². The second-order valence-corrected chi connectivity index (χ2v) is 17.5. The first-order valence-corrected chi connectivity index (χ1v) is 20.8. The zero-order chi connectivity index (χ0) is 36.4. The Morgan fingerprint density at radius 3 is 2.54 bits per heavy atom. The number of carboxylic acids is 1. The maximum absolute atomic E-state index is 13.7. The average Bonchev–Trinajstić information content (AvgIpc) is 3.45. The minimum atomic E-state index is -4.23. The van der Waals surface area contributed by atoms with Crippen LogP contribution in [0.25, 0.3) is 0 Å². The lowest BCUT2D eigenvalue weighted by Crippen LogP contribution is -2.55. The van der Waals surface area contributed by atoms with Gasteiger partial charge in [-0.05, 0) is 81.7 Å². The number of thioether (sulfide) groups is 1. The number of carboxylic acid groups (broad SMARTS) is 1. The number of nitrogens with two attached hydrogens (primary N) is 1. The normalized spacial score (nSPS) is 24.0. The SMILES string of the molecule is CCOC(=O)[C@H](CCc1ccc(SC[C@H]2Nc3cc(Cl)c(S(N)(=O)=O)cc3S(=O)(=O)N2)cc1)NC(C)C(=O)N1[C@@H]2CCCC[C@@H]2C[C@H]1C(=O)O. The third-order valence-electron chi connectivity index (χ3n) is 9.34. The number of aryl methyl sites for hydroxylation is 1. The lowest BCUT2D eigenvalue weighted by Gasteiger charge is -2.35. The Bertz CT molecular complexity index is 1830. The van der Waals surface area contributed by atoms with Crippen LogP contribution in [0.1, 0.15) is 57.9 Å². The molecule has 1 unspecified atom stereocenters. The molecular formula is C32H42ClN5O9S3. The average molecular weight is 772 g/mol. The number of carbonyl (C=O) groups is 3. The van der Waals surface area contributed by atoms with Gasteiger partial charge < -0.3 is 20.1 Å². The predicted molar refractivity (Wildman–Crippen MR) is 188 cm³/mol. The molecule has 0 aromatic heterocycles. The number of sulfonamides is 2. The van der Waals surface area contributed by atoms with E-state index >= 15 is 0 Å². The monoisotopic (exact) mass is 771 g/mol. The second-order valence-electron chi connectivity index (χ2n) is 12.8. The minimum absolute atomic E-state index is 0.104. The molecule has 2 aromatic rings. The van der Waals surface area contributed by atoms with Crippen LogP contribution in [0.2, 0.25) is 5.02 Å². The van der Waals surface area contributed by atoms with Gasteiger partial charge in [0.15, 0.2) is 0 Å². The molecule has 0 spiro atoms. The number of aliphatic carboxylic acids is 1. The minimum Gasteiger partial charge on any atom is -0.480 e. The van der Waals surface area contributed by atoms with Crippen molar-refractivity contribution in [3.05, 3.63) is 47.0 Å². The van der Waals surface area contributed by atoms with E-state index in [1.807, 2.05) is 24.3 Å². The molecule has 2 fully saturated rings. The summed E-state index contributed by atoms with van der Waals surface area (Å²) in [5, 5.41) is 21.0. The molecule has 50 heavy (non-hydrogen) atoms. The fourth-order valence-corrected chi connectivity index (χ4v) is 10.4. The number of anilines is 1. The summed E-state index contributed by atoms with van der Waals surface area (Å²) in [5.74, 6) is -1.35. The van der Waals surface area contributed by atoms with Gasteiger partial charge in [0.1, 0.15) is 28.0 Å². The molecule has 18 heteroatoms. The number of amides is 1. The predicted octanol–water partition coefficient (Wildman–Crippen LogP) is 2.90. The van der Waals surface area contributed by atoms with E-state index in [2.05, 4.69) is 15.4 Å². The number of rotatable bonds is 13. The van der Waals surface area contributed by atoms with Gasteiger partial charge in [0.05, 0.1) is 23.4 Å². The zero-order valence-corrected chi connectivity index (χ0v) is 30.8. The lowest BCUT2D eigenvalue weighted by atomic mass is 9.84. The molecule has 0 radical (unpaired) electrons. The van der Waals surface area contributed by atoms with Crippen molar-refractivity contribution in [2.75, 3.05) is 17.7 Å². The third-order valence-corrected chi connectivity index (χ3v) is 13.3. The van der Waals surface area contributed by atoms with Gasteiger partial charge in [-0.1, -0.05) is 36.6 Å². The molecule has 1 aliphatic carbocycles. The molecule has 2 heterocycles. The van der Waals surface area contributed by atoms with Crippen LogP contribution in [0.3, 0.4) is 0 Å². The highest BCUT2D eigenvalue weighted by Gasteiger charge is 2.48. The first-order valence-electron chi connectivity index (χ1n) is 16.4. The summed E-state index contributed by atoms with van der Waals surface area (Å²) >= 11 is 7.45. The standard InChI is InChI=1S/C32H42ClN5O9S3/c1-3-47-32(42)23(35-18(2)30(39)38-25-7-5-4-6-20(25)14-26(38)31(40)41)13-10-19-8-11-21(12-9-19)48-17-29-36-24-15-22(33)27(49(34,43)44)16-28(24)50(45,46)37-29/h8-9,11-12,15-16,18,20,23,25-26,29,35-37H,3-7,10,13-14,17H2,1-2H3,(H,40,41)(H2,34,43,44)/t18?,20-,23+,25-,26+,29+/m1/s1. The summed E-state index contributed by atoms with van der Waals surface area (Å²) in [5.41, 5.74) is 1.08. The zero-order valence-electron chi connectivity index (χ0n) is 27.6. The first-order chi connectivity index (χ1) is 23.6. The van der Waals surface area contributed by atoms with E-state index in [4.69, 9.17) is 21.5 Å². The fourth-order valence-electron chi connectivity index (χ4n) is 6.98. The number of fused-ring (bicyclic) bond motifs is 2. The number of hydrogen-bond acceptors (Lipinski definition) is 11. The van der Waals surface area contributed by atoms with E-state index in [0.29, 0.717) is 19.3 Å². The summed E-state index contributed by atoms with van der Waals surface area (Å²) in [6.07, 6.45) is 4.23. The Balaban J connectivity index is 1.18. The van der Waals surface area contributed by atoms with Crippen LogP contribution in [0.15, 0.2) is 51.1 Å². The molecule has 3 aliphatic rings. The number of carbonyl (C=O) groups excluding carboxylic acids is 2.